The van der Waals surface area contributed by atoms with Crippen LogP contribution in [0.1, 0.15) is 32.6 Å². The summed E-state index contributed by atoms with van der Waals surface area (Å²) in [5.41, 5.74) is 8.07. The van der Waals surface area contributed by atoms with Crippen molar-refractivity contribution >= 4 is 22.1 Å². The van der Waals surface area contributed by atoms with E-state index in [-0.39, 0.29) is 0 Å². The lowest BCUT2D eigenvalue weighted by Gasteiger charge is -2.29. The number of anilines is 2. The van der Waals surface area contributed by atoms with Crippen molar-refractivity contribution in [2.75, 3.05) is 11.1 Å². The summed E-state index contributed by atoms with van der Waals surface area (Å²) in [6, 6.07) is 6.62. The van der Waals surface area contributed by atoms with E-state index in [1.54, 1.807) is 0 Å². The molecule has 1 aromatic carbocycles. The molecule has 0 spiro atoms. The van der Waals surface area contributed by atoms with Gasteiger partial charge in [-0.05, 0) is 62.1 Å². The van der Waals surface area contributed by atoms with Crippen molar-refractivity contribution in [1.82, 2.24) is 4.98 Å². The van der Waals surface area contributed by atoms with Gasteiger partial charge < -0.3 is 11.1 Å². The maximum absolute atomic E-state index is 6.07. The summed E-state index contributed by atoms with van der Waals surface area (Å²) in [5.74, 6) is 2.76. The standard InChI is InChI=1S/C18H23N3/c1-11(15-9-12-2-3-13(15)8-12)21-18-5-4-17(19)14-6-7-20-10-16(14)18/h4-7,10-13,15,21H,2-3,8-9,19H2,1H3. The van der Waals surface area contributed by atoms with Gasteiger partial charge in [-0.15, -0.1) is 0 Å². The van der Waals surface area contributed by atoms with E-state index in [1.807, 2.05) is 24.5 Å². The summed E-state index contributed by atoms with van der Waals surface area (Å²) in [6.07, 6.45) is 9.49. The Morgan fingerprint density at radius 2 is 2.10 bits per heavy atom. The molecule has 2 bridgehead atoms. The molecule has 2 fully saturated rings. The third kappa shape index (κ3) is 2.15. The van der Waals surface area contributed by atoms with Gasteiger partial charge in [0.05, 0.1) is 0 Å². The first kappa shape index (κ1) is 12.9. The molecular formula is C18H23N3. The van der Waals surface area contributed by atoms with E-state index in [1.165, 1.54) is 31.4 Å². The van der Waals surface area contributed by atoms with Crippen LogP contribution in [0.3, 0.4) is 0 Å². The van der Waals surface area contributed by atoms with Crippen molar-refractivity contribution in [3.05, 3.63) is 30.6 Å². The van der Waals surface area contributed by atoms with Crippen molar-refractivity contribution in [3.63, 3.8) is 0 Å². The molecule has 0 radical (unpaired) electrons. The zero-order chi connectivity index (χ0) is 14.4. The lowest BCUT2D eigenvalue weighted by atomic mass is 9.84. The highest BCUT2D eigenvalue weighted by atomic mass is 14.9. The monoisotopic (exact) mass is 281 g/mol. The van der Waals surface area contributed by atoms with Gasteiger partial charge in [0.15, 0.2) is 0 Å². The lowest BCUT2D eigenvalue weighted by Crippen LogP contribution is -2.30. The average molecular weight is 281 g/mol. The van der Waals surface area contributed by atoms with Crippen molar-refractivity contribution < 1.29 is 0 Å². The van der Waals surface area contributed by atoms with Crippen LogP contribution in [0, 0.1) is 17.8 Å². The minimum atomic E-state index is 0.521. The highest BCUT2D eigenvalue weighted by molar-refractivity contribution is 6.00. The number of pyridine rings is 1. The molecule has 1 heterocycles. The van der Waals surface area contributed by atoms with Crippen molar-refractivity contribution in [3.8, 4) is 0 Å². The number of hydrogen-bond acceptors (Lipinski definition) is 3. The summed E-state index contributed by atoms with van der Waals surface area (Å²) in [5, 5.41) is 5.97. The lowest BCUT2D eigenvalue weighted by molar-refractivity contribution is 0.304. The topological polar surface area (TPSA) is 50.9 Å². The Hall–Kier alpha value is -1.77. The predicted molar refractivity (Wildman–Crippen MR) is 88.2 cm³/mol. The smallest absolute Gasteiger partial charge is 0.0439 e. The minimum absolute atomic E-state index is 0.521. The Morgan fingerprint density at radius 1 is 1.19 bits per heavy atom. The van der Waals surface area contributed by atoms with Crippen LogP contribution < -0.4 is 11.1 Å². The number of rotatable bonds is 3. The molecule has 110 valence electrons. The van der Waals surface area contributed by atoms with E-state index in [0.717, 1.165) is 34.2 Å². The highest BCUT2D eigenvalue weighted by Gasteiger charge is 2.41. The average Bonchev–Trinajstić information content (AvgIpc) is 3.13. The summed E-state index contributed by atoms with van der Waals surface area (Å²) >= 11 is 0. The number of benzene rings is 1. The molecule has 2 aliphatic carbocycles. The van der Waals surface area contributed by atoms with E-state index >= 15 is 0 Å². The molecule has 2 saturated carbocycles. The quantitative estimate of drug-likeness (QED) is 0.834. The van der Waals surface area contributed by atoms with Crippen LogP contribution in [-0.2, 0) is 0 Å². The van der Waals surface area contributed by atoms with Crippen LogP contribution in [0.25, 0.3) is 10.8 Å². The zero-order valence-electron chi connectivity index (χ0n) is 12.5. The van der Waals surface area contributed by atoms with E-state index in [4.69, 9.17) is 5.73 Å². The largest absolute Gasteiger partial charge is 0.398 e. The molecule has 0 amide bonds. The Labute approximate surface area is 125 Å². The molecule has 3 nitrogen and oxygen atoms in total. The molecule has 3 heteroatoms. The first-order chi connectivity index (χ1) is 10.2. The number of hydrogen-bond donors (Lipinski definition) is 2. The van der Waals surface area contributed by atoms with Crippen molar-refractivity contribution in [1.29, 1.82) is 0 Å². The molecule has 2 aromatic rings. The molecule has 21 heavy (non-hydrogen) atoms. The summed E-state index contributed by atoms with van der Waals surface area (Å²) in [4.78, 5) is 4.26. The van der Waals surface area contributed by atoms with Crippen LogP contribution >= 0.6 is 0 Å². The number of nitrogens with one attached hydrogen (secondary N) is 1. The maximum Gasteiger partial charge on any atom is 0.0439 e. The fourth-order valence-corrected chi connectivity index (χ4v) is 4.60. The number of fused-ring (bicyclic) bond motifs is 3. The highest BCUT2D eigenvalue weighted by Crippen LogP contribution is 2.50. The third-order valence-corrected chi connectivity index (χ3v) is 5.67. The normalized spacial score (nSPS) is 28.9. The predicted octanol–water partition coefficient (Wildman–Crippen LogP) is 4.05. The van der Waals surface area contributed by atoms with Gasteiger partial charge in [0.25, 0.3) is 0 Å². The van der Waals surface area contributed by atoms with Gasteiger partial charge in [-0.2, -0.15) is 0 Å². The second-order valence-corrected chi connectivity index (χ2v) is 6.90. The van der Waals surface area contributed by atoms with Gasteiger partial charge in [-0.1, -0.05) is 6.42 Å². The summed E-state index contributed by atoms with van der Waals surface area (Å²) in [6.45, 7) is 2.34. The van der Waals surface area contributed by atoms with E-state index in [9.17, 15) is 0 Å². The van der Waals surface area contributed by atoms with Gasteiger partial charge in [-0.3, -0.25) is 4.98 Å². The number of nitrogens with two attached hydrogens (primary N) is 1. The molecular weight excluding hydrogens is 258 g/mol. The Balaban J connectivity index is 1.61. The van der Waals surface area contributed by atoms with Crippen LogP contribution in [0.2, 0.25) is 0 Å². The van der Waals surface area contributed by atoms with Gasteiger partial charge in [0.1, 0.15) is 0 Å². The van der Waals surface area contributed by atoms with Crippen LogP contribution in [0.4, 0.5) is 11.4 Å². The van der Waals surface area contributed by atoms with Crippen LogP contribution in [0.5, 0.6) is 0 Å². The maximum atomic E-state index is 6.07. The molecule has 0 aliphatic heterocycles. The second kappa shape index (κ2) is 4.90. The van der Waals surface area contributed by atoms with E-state index in [2.05, 4.69) is 23.3 Å². The molecule has 4 atom stereocenters. The number of aromatic nitrogens is 1. The first-order valence-corrected chi connectivity index (χ1v) is 8.11. The Bertz CT molecular complexity index is 667. The Morgan fingerprint density at radius 3 is 2.86 bits per heavy atom. The molecule has 4 rings (SSSR count). The fourth-order valence-electron chi connectivity index (χ4n) is 4.60. The van der Waals surface area contributed by atoms with E-state index in [0.29, 0.717) is 6.04 Å². The molecule has 0 saturated heterocycles. The SMILES string of the molecule is CC(Nc1ccc(N)c2ccncc12)C1CC2CCC1C2. The van der Waals surface area contributed by atoms with Gasteiger partial charge >= 0.3 is 0 Å². The van der Waals surface area contributed by atoms with Gasteiger partial charge in [0.2, 0.25) is 0 Å². The number of nitrogen functional groups attached to an aromatic ring is 1. The summed E-state index contributed by atoms with van der Waals surface area (Å²) in [7, 11) is 0. The first-order valence-electron chi connectivity index (χ1n) is 8.11. The molecule has 4 unspecified atom stereocenters. The Kier molecular flexibility index (Phi) is 3.02. The van der Waals surface area contributed by atoms with Crippen molar-refractivity contribution in [2.45, 2.75) is 38.6 Å². The molecule has 3 N–H and O–H groups in total. The van der Waals surface area contributed by atoms with Crippen LogP contribution in [-0.4, -0.2) is 11.0 Å². The molecule has 1 aromatic heterocycles. The minimum Gasteiger partial charge on any atom is -0.398 e. The van der Waals surface area contributed by atoms with Crippen molar-refractivity contribution in [2.24, 2.45) is 17.8 Å². The van der Waals surface area contributed by atoms with Crippen LogP contribution in [0.15, 0.2) is 30.6 Å². The second-order valence-electron chi connectivity index (χ2n) is 6.90. The number of nitrogens with zero attached hydrogens (tertiary/aromatic N) is 1. The van der Waals surface area contributed by atoms with Gasteiger partial charge in [-0.25, -0.2) is 0 Å². The van der Waals surface area contributed by atoms with Gasteiger partial charge in [0, 0.05) is 40.6 Å². The molecule has 2 aliphatic rings. The third-order valence-electron chi connectivity index (χ3n) is 5.67. The fraction of sp³-hybridized carbons (Fsp3) is 0.500. The van der Waals surface area contributed by atoms with E-state index < -0.39 is 0 Å². The summed E-state index contributed by atoms with van der Waals surface area (Å²) < 4.78 is 0. The zero-order valence-corrected chi connectivity index (χ0v) is 12.5.